The number of halogens is 1. The van der Waals surface area contributed by atoms with Crippen molar-refractivity contribution in [1.82, 2.24) is 9.24 Å². The summed E-state index contributed by atoms with van der Waals surface area (Å²) in [6.07, 6.45) is 1.22. The molecule has 0 fully saturated rings. The van der Waals surface area contributed by atoms with Gasteiger partial charge in [0, 0.05) is 19.5 Å². The van der Waals surface area contributed by atoms with Crippen LogP contribution in [-0.4, -0.2) is 33.6 Å². The van der Waals surface area contributed by atoms with Gasteiger partial charge in [-0.05, 0) is 23.6 Å². The van der Waals surface area contributed by atoms with E-state index in [1.165, 1.54) is 22.9 Å². The molecule has 2 aromatic rings. The number of hydrogen-bond donors (Lipinski definition) is 1. The second-order valence-corrected chi connectivity index (χ2v) is 5.90. The van der Waals surface area contributed by atoms with E-state index in [-0.39, 0.29) is 23.9 Å². The van der Waals surface area contributed by atoms with Crippen molar-refractivity contribution in [1.29, 1.82) is 0 Å². The number of rotatable bonds is 6. The third kappa shape index (κ3) is 4.28. The van der Waals surface area contributed by atoms with Gasteiger partial charge in [0.25, 0.3) is 5.56 Å². The maximum absolute atomic E-state index is 13.1. The molecule has 0 bridgehead atoms. The van der Waals surface area contributed by atoms with E-state index in [1.807, 2.05) is 13.8 Å². The molecule has 132 valence electrons. The van der Waals surface area contributed by atoms with Gasteiger partial charge in [-0.15, -0.1) is 0 Å². The fourth-order valence-corrected chi connectivity index (χ4v) is 2.19. The van der Waals surface area contributed by atoms with Gasteiger partial charge in [0.1, 0.15) is 11.4 Å². The summed E-state index contributed by atoms with van der Waals surface area (Å²) >= 11 is 0. The molecule has 0 saturated carbocycles. The average molecular weight is 346 g/mol. The minimum atomic E-state index is -1.37. The summed E-state index contributed by atoms with van der Waals surface area (Å²) in [4.78, 5) is 28.0. The Morgan fingerprint density at radius 2 is 1.96 bits per heavy atom. The second kappa shape index (κ2) is 7.69. The van der Waals surface area contributed by atoms with E-state index < -0.39 is 17.1 Å². The first kappa shape index (κ1) is 18.3. The molecule has 8 heteroatoms. The highest BCUT2D eigenvalue weighted by molar-refractivity contribution is 5.86. The molecule has 0 radical (unpaired) electrons. The van der Waals surface area contributed by atoms with Gasteiger partial charge in [-0.1, -0.05) is 26.0 Å². The highest BCUT2D eigenvalue weighted by atomic mass is 19.1. The SMILES string of the molecule is C=Nn1c(=O)c(C(=O)O)cn(Cc2ccc(F)cc2)c1=NCC(C)C. The third-order valence-electron chi connectivity index (χ3n) is 3.39. The molecule has 1 N–H and O–H groups in total. The standard InChI is InChI=1S/C17H19FN4O3/c1-11(2)8-20-17-21(9-12-4-6-13(18)7-5-12)10-14(16(24)25)15(23)22(17)19-3/h4-7,10-11H,3,8-9H2,1-2H3,(H,24,25). The molecule has 0 aliphatic carbocycles. The molecule has 0 aliphatic rings. The molecule has 7 nitrogen and oxygen atoms in total. The number of carboxylic acids is 1. The summed E-state index contributed by atoms with van der Waals surface area (Å²) in [5.74, 6) is -1.51. The van der Waals surface area contributed by atoms with Crippen molar-refractivity contribution in [3.05, 3.63) is 63.4 Å². The lowest BCUT2D eigenvalue weighted by Gasteiger charge is -2.12. The zero-order chi connectivity index (χ0) is 18.6. The molecule has 0 atom stereocenters. The van der Waals surface area contributed by atoms with E-state index in [0.717, 1.165) is 10.2 Å². The Morgan fingerprint density at radius 3 is 2.48 bits per heavy atom. The van der Waals surface area contributed by atoms with Gasteiger partial charge in [-0.25, -0.2) is 9.18 Å². The number of carbonyl (C=O) groups is 1. The van der Waals surface area contributed by atoms with Crippen LogP contribution < -0.4 is 11.2 Å². The number of hydrogen-bond acceptors (Lipinski definition) is 4. The van der Waals surface area contributed by atoms with Crippen molar-refractivity contribution in [3.63, 3.8) is 0 Å². The van der Waals surface area contributed by atoms with Crippen LogP contribution in [0.25, 0.3) is 0 Å². The zero-order valence-electron chi connectivity index (χ0n) is 14.0. The van der Waals surface area contributed by atoms with Crippen molar-refractivity contribution in [2.24, 2.45) is 16.0 Å². The summed E-state index contributed by atoms with van der Waals surface area (Å²) in [5, 5.41) is 12.9. The summed E-state index contributed by atoms with van der Waals surface area (Å²) in [6.45, 7) is 7.88. The Hall–Kier alpha value is -3.03. The largest absolute Gasteiger partial charge is 0.477 e. The molecule has 0 unspecified atom stereocenters. The van der Waals surface area contributed by atoms with Crippen LogP contribution >= 0.6 is 0 Å². The van der Waals surface area contributed by atoms with Gasteiger partial charge in [0.2, 0.25) is 5.62 Å². The van der Waals surface area contributed by atoms with Crippen LogP contribution in [0.3, 0.4) is 0 Å². The number of nitrogens with zero attached hydrogens (tertiary/aromatic N) is 4. The van der Waals surface area contributed by atoms with Gasteiger partial charge in [-0.2, -0.15) is 9.78 Å². The maximum Gasteiger partial charge on any atom is 0.342 e. The average Bonchev–Trinajstić information content (AvgIpc) is 2.56. The number of aromatic nitrogens is 2. The second-order valence-electron chi connectivity index (χ2n) is 5.90. The quantitative estimate of drug-likeness (QED) is 0.805. The smallest absolute Gasteiger partial charge is 0.342 e. The van der Waals surface area contributed by atoms with E-state index in [9.17, 15) is 19.1 Å². The van der Waals surface area contributed by atoms with Crippen LogP contribution in [0.2, 0.25) is 0 Å². The first-order valence-corrected chi connectivity index (χ1v) is 7.65. The molecule has 1 aromatic heterocycles. The highest BCUT2D eigenvalue weighted by Gasteiger charge is 2.15. The van der Waals surface area contributed by atoms with Crippen LogP contribution in [0, 0.1) is 11.7 Å². The minimum absolute atomic E-state index is 0.183. The van der Waals surface area contributed by atoms with Gasteiger partial charge in [-0.3, -0.25) is 9.79 Å². The minimum Gasteiger partial charge on any atom is -0.477 e. The van der Waals surface area contributed by atoms with E-state index in [1.54, 1.807) is 12.1 Å². The fraction of sp³-hybridized carbons (Fsp3) is 0.294. The highest BCUT2D eigenvalue weighted by Crippen LogP contribution is 2.04. The van der Waals surface area contributed by atoms with Crippen LogP contribution in [0.1, 0.15) is 29.8 Å². The van der Waals surface area contributed by atoms with Crippen LogP contribution in [-0.2, 0) is 6.54 Å². The fourth-order valence-electron chi connectivity index (χ4n) is 2.19. The molecular weight excluding hydrogens is 327 g/mol. The van der Waals surface area contributed by atoms with Gasteiger partial charge in [0.15, 0.2) is 0 Å². The Balaban J connectivity index is 2.69. The first-order valence-electron chi connectivity index (χ1n) is 7.65. The molecule has 0 amide bonds. The predicted octanol–water partition coefficient (Wildman–Crippen LogP) is 1.56. The van der Waals surface area contributed by atoms with Gasteiger partial charge < -0.3 is 9.67 Å². The molecule has 1 heterocycles. The topological polar surface area (TPSA) is 89.0 Å². The Kier molecular flexibility index (Phi) is 5.63. The van der Waals surface area contributed by atoms with Gasteiger partial charge >= 0.3 is 5.97 Å². The van der Waals surface area contributed by atoms with Crippen molar-refractivity contribution in [2.75, 3.05) is 6.54 Å². The van der Waals surface area contributed by atoms with Crippen molar-refractivity contribution < 1.29 is 14.3 Å². The van der Waals surface area contributed by atoms with Crippen LogP contribution in [0.15, 0.2) is 45.4 Å². The molecular formula is C17H19FN4O3. The van der Waals surface area contributed by atoms with Crippen LogP contribution in [0.4, 0.5) is 4.39 Å². The molecule has 0 aliphatic heterocycles. The summed E-state index contributed by atoms with van der Waals surface area (Å²) in [5.41, 5.74) is -0.348. The monoisotopic (exact) mass is 346 g/mol. The van der Waals surface area contributed by atoms with Crippen LogP contribution in [0.5, 0.6) is 0 Å². The summed E-state index contributed by atoms with van der Waals surface area (Å²) in [6, 6.07) is 5.76. The van der Waals surface area contributed by atoms with E-state index >= 15 is 0 Å². The Labute approximate surface area is 143 Å². The molecule has 0 spiro atoms. The van der Waals surface area contributed by atoms with Gasteiger partial charge in [0.05, 0.1) is 6.54 Å². The van der Waals surface area contributed by atoms with Crippen molar-refractivity contribution in [2.45, 2.75) is 20.4 Å². The van der Waals surface area contributed by atoms with E-state index in [4.69, 9.17) is 0 Å². The number of aromatic carboxylic acids is 1. The summed E-state index contributed by atoms with van der Waals surface area (Å²) in [7, 11) is 0. The zero-order valence-corrected chi connectivity index (χ0v) is 14.0. The van der Waals surface area contributed by atoms with E-state index in [2.05, 4.69) is 16.8 Å². The molecule has 2 rings (SSSR count). The molecule has 1 aromatic carbocycles. The normalized spacial score (nSPS) is 11.8. The lowest BCUT2D eigenvalue weighted by atomic mass is 10.2. The maximum atomic E-state index is 13.1. The molecule has 0 saturated heterocycles. The summed E-state index contributed by atoms with van der Waals surface area (Å²) < 4.78 is 15.4. The van der Waals surface area contributed by atoms with Crippen molar-refractivity contribution >= 4 is 12.7 Å². The Bertz CT molecular complexity index is 911. The predicted molar refractivity (Wildman–Crippen MR) is 91.4 cm³/mol. The lowest BCUT2D eigenvalue weighted by Crippen LogP contribution is -2.41. The number of carboxylic acid groups (broad SMARTS) is 1. The number of benzene rings is 1. The Morgan fingerprint density at radius 1 is 1.32 bits per heavy atom. The van der Waals surface area contributed by atoms with Crippen molar-refractivity contribution in [3.8, 4) is 0 Å². The first-order chi connectivity index (χ1) is 11.8. The lowest BCUT2D eigenvalue weighted by molar-refractivity contribution is 0.0692. The van der Waals surface area contributed by atoms with E-state index in [0.29, 0.717) is 6.54 Å². The molecule has 25 heavy (non-hydrogen) atoms. The third-order valence-corrected chi connectivity index (χ3v) is 3.39.